The van der Waals surface area contributed by atoms with Crippen LogP contribution >= 0.6 is 0 Å². The lowest BCUT2D eigenvalue weighted by atomic mass is 10.1. The minimum absolute atomic E-state index is 0.0148. The fourth-order valence-electron chi connectivity index (χ4n) is 3.52. The van der Waals surface area contributed by atoms with Crippen LogP contribution in [0.15, 0.2) is 36.4 Å². The van der Waals surface area contributed by atoms with E-state index in [0.717, 1.165) is 15.6 Å². The van der Waals surface area contributed by atoms with Crippen molar-refractivity contribution in [3.05, 3.63) is 42.0 Å². The molecule has 0 aromatic heterocycles. The van der Waals surface area contributed by atoms with Crippen LogP contribution in [-0.2, 0) is 19.2 Å². The van der Waals surface area contributed by atoms with Crippen LogP contribution < -0.4 is 11.2 Å². The monoisotopic (exact) mass is 504 g/mol. The van der Waals surface area contributed by atoms with Crippen LogP contribution in [0.3, 0.4) is 0 Å². The van der Waals surface area contributed by atoms with Crippen molar-refractivity contribution in [2.24, 2.45) is 17.6 Å². The Morgan fingerprint density at radius 1 is 1.00 bits per heavy atom. The first kappa shape index (κ1) is 30.8. The van der Waals surface area contributed by atoms with E-state index < -0.39 is 35.8 Å². The number of aliphatic carboxylic acids is 1. The molecule has 0 aliphatic rings. The highest BCUT2D eigenvalue weighted by Gasteiger charge is 2.37. The van der Waals surface area contributed by atoms with Gasteiger partial charge in [0.1, 0.15) is 6.04 Å². The molecule has 0 radical (unpaired) electrons. The molecule has 0 aliphatic heterocycles. The molecule has 10 heteroatoms. The van der Waals surface area contributed by atoms with E-state index in [9.17, 15) is 24.4 Å². The Morgan fingerprint density at radius 2 is 1.64 bits per heavy atom. The number of hydrogen-bond acceptors (Lipinski definition) is 6. The lowest BCUT2D eigenvalue weighted by Gasteiger charge is -2.41. The summed E-state index contributed by atoms with van der Waals surface area (Å²) in [4.78, 5) is 50.7. The highest BCUT2D eigenvalue weighted by molar-refractivity contribution is 5.90. The molecule has 0 bridgehead atoms. The Labute approximate surface area is 213 Å². The van der Waals surface area contributed by atoms with Crippen LogP contribution in [0.5, 0.6) is 0 Å². The highest BCUT2D eigenvalue weighted by atomic mass is 16.5. The normalized spacial score (nSPS) is 13.0. The third-order valence-electron chi connectivity index (χ3n) is 5.41. The molecule has 10 nitrogen and oxygen atoms in total. The molecule has 0 aliphatic carbocycles. The van der Waals surface area contributed by atoms with Crippen molar-refractivity contribution in [3.63, 3.8) is 0 Å². The first-order valence-electron chi connectivity index (χ1n) is 12.2. The van der Waals surface area contributed by atoms with E-state index in [2.05, 4.69) is 0 Å². The number of nitrogens with two attached hydrogens (primary N) is 1. The summed E-state index contributed by atoms with van der Waals surface area (Å²) >= 11 is 0. The van der Waals surface area contributed by atoms with Gasteiger partial charge in [-0.3, -0.25) is 24.4 Å². The van der Waals surface area contributed by atoms with Crippen LogP contribution in [0.1, 0.15) is 65.4 Å². The number of hydrogen-bond donors (Lipinski definition) is 4. The number of rotatable bonds is 14. The molecule has 1 aromatic rings. The summed E-state index contributed by atoms with van der Waals surface area (Å²) in [5, 5.41) is 20.7. The Hall–Kier alpha value is -3.24. The maximum absolute atomic E-state index is 13.5. The Kier molecular flexibility index (Phi) is 13.4. The van der Waals surface area contributed by atoms with E-state index in [1.165, 1.54) is 0 Å². The molecular weight excluding hydrogens is 464 g/mol. The molecule has 0 unspecified atom stereocenters. The zero-order valence-electron chi connectivity index (χ0n) is 21.6. The zero-order chi connectivity index (χ0) is 27.3. The molecule has 36 heavy (non-hydrogen) atoms. The molecule has 0 heterocycles. The topological polar surface area (TPSA) is 153 Å². The summed E-state index contributed by atoms with van der Waals surface area (Å²) in [6.45, 7) is 7.67. The van der Waals surface area contributed by atoms with E-state index in [0.29, 0.717) is 6.42 Å². The van der Waals surface area contributed by atoms with Gasteiger partial charge in [0.15, 0.2) is 0 Å². The van der Waals surface area contributed by atoms with E-state index >= 15 is 0 Å². The van der Waals surface area contributed by atoms with Gasteiger partial charge >= 0.3 is 5.97 Å². The second-order valence-electron chi connectivity index (χ2n) is 9.56. The van der Waals surface area contributed by atoms with Crippen LogP contribution in [0, 0.1) is 11.8 Å². The van der Waals surface area contributed by atoms with Gasteiger partial charge in [-0.15, -0.1) is 0 Å². The predicted octanol–water partition coefficient (Wildman–Crippen LogP) is 2.82. The van der Waals surface area contributed by atoms with Gasteiger partial charge < -0.3 is 10.8 Å². The van der Waals surface area contributed by atoms with Crippen molar-refractivity contribution >= 4 is 29.8 Å². The van der Waals surface area contributed by atoms with Crippen LogP contribution in [0.2, 0.25) is 0 Å². The predicted molar refractivity (Wildman–Crippen MR) is 136 cm³/mol. The van der Waals surface area contributed by atoms with Crippen molar-refractivity contribution in [1.29, 1.82) is 0 Å². The first-order valence-corrected chi connectivity index (χ1v) is 12.2. The maximum Gasteiger partial charge on any atom is 0.303 e. The van der Waals surface area contributed by atoms with E-state index in [-0.39, 0.29) is 44.1 Å². The quantitative estimate of drug-likeness (QED) is 0.224. The smallest absolute Gasteiger partial charge is 0.303 e. The number of carbonyl (C=O) groups excluding carboxylic acids is 3. The number of carbonyl (C=O) groups is 4. The minimum atomic E-state index is -1.23. The van der Waals surface area contributed by atoms with Crippen molar-refractivity contribution in [3.8, 4) is 0 Å². The average molecular weight is 505 g/mol. The molecule has 200 valence electrons. The number of nitrogens with zero attached hydrogens (tertiary/aromatic N) is 2. The second-order valence-corrected chi connectivity index (χ2v) is 9.56. The number of nitrogens with one attached hydrogen (secondary N) is 1. The molecular formula is C26H40N4O6. The molecule has 0 spiro atoms. The standard InChI is InChI=1S/C26H40N4O6/c1-18(2)13-15-23(31)30(29(17-19(3)4)26(35)21(27)14-16-24(32)33)22(25(34)28-36)12-8-11-20-9-6-5-7-10-20/h5-11,18-19,21-22,36H,12-17,27H2,1-4H3,(H,28,34)(H,32,33)/t21-,22+/m1/s1. The third kappa shape index (κ3) is 10.6. The average Bonchev–Trinajstić information content (AvgIpc) is 2.83. The molecule has 1 rings (SSSR count). The van der Waals surface area contributed by atoms with Gasteiger partial charge in [0, 0.05) is 19.4 Å². The van der Waals surface area contributed by atoms with Crippen LogP contribution in [0.4, 0.5) is 0 Å². The zero-order valence-corrected chi connectivity index (χ0v) is 21.6. The van der Waals surface area contributed by atoms with Gasteiger partial charge in [-0.05, 0) is 36.7 Å². The second kappa shape index (κ2) is 15.7. The molecule has 0 fully saturated rings. The molecule has 5 N–H and O–H groups in total. The summed E-state index contributed by atoms with van der Waals surface area (Å²) in [6.07, 6.45) is 3.65. The number of benzene rings is 1. The van der Waals surface area contributed by atoms with E-state index in [1.807, 2.05) is 58.0 Å². The number of carboxylic acid groups (broad SMARTS) is 1. The Balaban J connectivity index is 3.43. The first-order chi connectivity index (χ1) is 17.0. The Morgan fingerprint density at radius 3 is 2.17 bits per heavy atom. The van der Waals surface area contributed by atoms with Crippen LogP contribution in [-0.4, -0.2) is 62.7 Å². The molecule has 0 saturated heterocycles. The summed E-state index contributed by atoms with van der Waals surface area (Å²) < 4.78 is 0. The van der Waals surface area contributed by atoms with Crippen molar-refractivity contribution in [1.82, 2.24) is 15.5 Å². The fraction of sp³-hybridized carbons (Fsp3) is 0.538. The SMILES string of the molecule is CC(C)CCC(=O)N([C@@H](CC=Cc1ccccc1)C(=O)NO)N(CC(C)C)C(=O)[C@H](N)CCC(=O)O. The van der Waals surface area contributed by atoms with E-state index in [4.69, 9.17) is 10.8 Å². The number of hydrazine groups is 1. The number of amides is 3. The molecule has 3 amide bonds. The highest BCUT2D eigenvalue weighted by Crippen LogP contribution is 2.19. The third-order valence-corrected chi connectivity index (χ3v) is 5.41. The van der Waals surface area contributed by atoms with Crippen molar-refractivity contribution < 1.29 is 29.5 Å². The van der Waals surface area contributed by atoms with Crippen LogP contribution in [0.25, 0.3) is 6.08 Å². The van der Waals surface area contributed by atoms with Gasteiger partial charge in [0.25, 0.3) is 11.8 Å². The summed E-state index contributed by atoms with van der Waals surface area (Å²) in [5.74, 6) is -2.98. The minimum Gasteiger partial charge on any atom is -0.481 e. The fourth-order valence-corrected chi connectivity index (χ4v) is 3.52. The lowest BCUT2D eigenvalue weighted by Crippen LogP contribution is -2.62. The largest absolute Gasteiger partial charge is 0.481 e. The van der Waals surface area contributed by atoms with Gasteiger partial charge in [-0.2, -0.15) is 0 Å². The Bertz CT molecular complexity index is 888. The molecule has 2 atom stereocenters. The van der Waals surface area contributed by atoms with Gasteiger partial charge in [-0.25, -0.2) is 15.5 Å². The van der Waals surface area contributed by atoms with E-state index in [1.54, 1.807) is 17.6 Å². The number of carboxylic acids is 1. The summed E-state index contributed by atoms with van der Waals surface area (Å²) in [6, 6.07) is 6.93. The summed E-state index contributed by atoms with van der Waals surface area (Å²) in [7, 11) is 0. The molecule has 0 saturated carbocycles. The number of hydroxylamine groups is 1. The lowest BCUT2D eigenvalue weighted by molar-refractivity contribution is -0.176. The van der Waals surface area contributed by atoms with Gasteiger partial charge in [0.2, 0.25) is 5.91 Å². The summed E-state index contributed by atoms with van der Waals surface area (Å²) in [5.41, 5.74) is 8.53. The van der Waals surface area contributed by atoms with Crippen molar-refractivity contribution in [2.75, 3.05) is 6.54 Å². The molecule has 1 aromatic carbocycles. The maximum atomic E-state index is 13.5. The van der Waals surface area contributed by atoms with Crippen molar-refractivity contribution in [2.45, 2.75) is 71.9 Å². The van der Waals surface area contributed by atoms with Gasteiger partial charge in [0.05, 0.1) is 6.04 Å². The van der Waals surface area contributed by atoms with Gasteiger partial charge in [-0.1, -0.05) is 70.2 Å².